The molecule has 3 atom stereocenters. The summed E-state index contributed by atoms with van der Waals surface area (Å²) in [5.41, 5.74) is -0.661. The van der Waals surface area contributed by atoms with E-state index in [1.807, 2.05) is 48.5 Å². The van der Waals surface area contributed by atoms with E-state index in [-0.39, 0.29) is 17.1 Å². The lowest BCUT2D eigenvalue weighted by Gasteiger charge is -2.35. The Morgan fingerprint density at radius 3 is 1.95 bits per heavy atom. The molecule has 0 saturated carbocycles. The first-order valence-corrected chi connectivity index (χ1v) is 7.32. The van der Waals surface area contributed by atoms with Crippen LogP contribution >= 0.6 is 0 Å². The van der Waals surface area contributed by atoms with Crippen molar-refractivity contribution in [3.8, 4) is 0 Å². The second kappa shape index (κ2) is 5.43. The molecule has 1 heterocycles. The molecule has 0 aromatic heterocycles. The first-order valence-electron chi connectivity index (χ1n) is 7.32. The van der Waals surface area contributed by atoms with Gasteiger partial charge < -0.3 is 4.74 Å². The van der Waals surface area contributed by atoms with Gasteiger partial charge in [0.05, 0.1) is 6.04 Å². The smallest absolute Gasteiger partial charge is 0.417 e. The minimum Gasteiger partial charge on any atom is -0.435 e. The third kappa shape index (κ3) is 3.44. The molecule has 1 aliphatic heterocycles. The van der Waals surface area contributed by atoms with Crippen LogP contribution in [0.5, 0.6) is 0 Å². The lowest BCUT2D eigenvalue weighted by Crippen LogP contribution is -2.51. The quantitative estimate of drug-likeness (QED) is 0.786. The predicted molar refractivity (Wildman–Crippen MR) is 79.7 cm³/mol. The molecule has 21 heavy (non-hydrogen) atoms. The van der Waals surface area contributed by atoms with Crippen molar-refractivity contribution in [2.45, 2.75) is 67.5 Å². The van der Waals surface area contributed by atoms with Crippen LogP contribution in [0, 0.1) is 16.7 Å². The summed E-state index contributed by atoms with van der Waals surface area (Å²) in [6.45, 7) is 14.8. The van der Waals surface area contributed by atoms with E-state index >= 15 is 0 Å². The van der Waals surface area contributed by atoms with Crippen molar-refractivity contribution < 1.29 is 19.1 Å². The monoisotopic (exact) mass is 297 g/mol. The van der Waals surface area contributed by atoms with Gasteiger partial charge in [-0.15, -0.1) is 0 Å². The Balaban J connectivity index is 3.20. The SMILES string of the molecule is CC(=O)N1C(=O)OC(C(=O)[C@H](C)C(C)(C)C)C1C(C)(C)C. The summed E-state index contributed by atoms with van der Waals surface area (Å²) in [6.07, 6.45) is -1.61. The van der Waals surface area contributed by atoms with Gasteiger partial charge in [-0.1, -0.05) is 48.5 Å². The normalized spacial score (nSPS) is 24.8. The van der Waals surface area contributed by atoms with Crippen molar-refractivity contribution in [1.82, 2.24) is 4.90 Å². The van der Waals surface area contributed by atoms with Gasteiger partial charge in [-0.2, -0.15) is 0 Å². The number of carbonyl (C=O) groups excluding carboxylic acids is 3. The zero-order chi connectivity index (χ0) is 16.7. The Hall–Kier alpha value is -1.39. The molecule has 1 rings (SSSR count). The zero-order valence-corrected chi connectivity index (χ0v) is 14.3. The minimum atomic E-state index is -0.893. The number of Topliss-reactive ketones (excluding diaryl/α,β-unsaturated/α-hetero) is 1. The Bertz CT molecular complexity index is 456. The van der Waals surface area contributed by atoms with Crippen molar-refractivity contribution in [3.63, 3.8) is 0 Å². The van der Waals surface area contributed by atoms with Gasteiger partial charge in [0, 0.05) is 12.8 Å². The largest absolute Gasteiger partial charge is 0.435 e. The molecular formula is C16H27NO4. The molecule has 0 bridgehead atoms. The highest BCUT2D eigenvalue weighted by atomic mass is 16.6. The topological polar surface area (TPSA) is 63.7 Å². The van der Waals surface area contributed by atoms with Crippen LogP contribution in [0.4, 0.5) is 4.79 Å². The van der Waals surface area contributed by atoms with Gasteiger partial charge in [-0.25, -0.2) is 9.69 Å². The summed E-state index contributed by atoms with van der Waals surface area (Å²) in [5, 5.41) is 0. The molecule has 1 saturated heterocycles. The van der Waals surface area contributed by atoms with Crippen LogP contribution < -0.4 is 0 Å². The van der Waals surface area contributed by atoms with E-state index in [9.17, 15) is 14.4 Å². The molecule has 1 fully saturated rings. The second-order valence-corrected chi connectivity index (χ2v) is 7.99. The Kier molecular flexibility index (Phi) is 4.56. The number of hydrogen-bond acceptors (Lipinski definition) is 4. The second-order valence-electron chi connectivity index (χ2n) is 7.99. The van der Waals surface area contributed by atoms with E-state index in [0.717, 1.165) is 4.90 Å². The first kappa shape index (κ1) is 17.7. The average molecular weight is 297 g/mol. The Morgan fingerprint density at radius 1 is 1.14 bits per heavy atom. The van der Waals surface area contributed by atoms with E-state index in [1.54, 1.807) is 0 Å². The van der Waals surface area contributed by atoms with Gasteiger partial charge in [-0.05, 0) is 10.8 Å². The number of amides is 2. The van der Waals surface area contributed by atoms with Gasteiger partial charge >= 0.3 is 6.09 Å². The maximum absolute atomic E-state index is 12.7. The van der Waals surface area contributed by atoms with Crippen LogP contribution in [-0.2, 0) is 14.3 Å². The summed E-state index contributed by atoms with van der Waals surface area (Å²) in [6, 6.07) is -0.570. The molecule has 120 valence electrons. The lowest BCUT2D eigenvalue weighted by atomic mass is 9.74. The molecule has 0 aliphatic carbocycles. The molecule has 1 aliphatic rings. The first-order chi connectivity index (χ1) is 9.28. The van der Waals surface area contributed by atoms with Crippen LogP contribution in [0.25, 0.3) is 0 Å². The molecule has 2 unspecified atom stereocenters. The van der Waals surface area contributed by atoms with E-state index in [4.69, 9.17) is 4.74 Å². The van der Waals surface area contributed by atoms with Crippen LogP contribution in [0.15, 0.2) is 0 Å². The van der Waals surface area contributed by atoms with E-state index in [0.29, 0.717) is 0 Å². The number of hydrogen-bond donors (Lipinski definition) is 0. The fourth-order valence-electron chi connectivity index (χ4n) is 2.53. The molecule has 0 aromatic rings. The van der Waals surface area contributed by atoms with E-state index in [1.165, 1.54) is 6.92 Å². The van der Waals surface area contributed by atoms with Gasteiger partial charge in [0.2, 0.25) is 5.91 Å². The third-order valence-corrected chi connectivity index (χ3v) is 4.22. The van der Waals surface area contributed by atoms with Gasteiger partial charge in [0.1, 0.15) is 0 Å². The van der Waals surface area contributed by atoms with Crippen molar-refractivity contribution in [2.24, 2.45) is 16.7 Å². The van der Waals surface area contributed by atoms with Crippen molar-refractivity contribution in [2.75, 3.05) is 0 Å². The summed E-state index contributed by atoms with van der Waals surface area (Å²) in [7, 11) is 0. The summed E-state index contributed by atoms with van der Waals surface area (Å²) in [5.74, 6) is -0.787. The molecule has 0 spiro atoms. The number of cyclic esters (lactones) is 1. The molecule has 2 amide bonds. The number of nitrogens with zero attached hydrogens (tertiary/aromatic N) is 1. The molecule has 0 N–H and O–H groups in total. The zero-order valence-electron chi connectivity index (χ0n) is 14.3. The molecule has 0 radical (unpaired) electrons. The van der Waals surface area contributed by atoms with Crippen LogP contribution in [0.2, 0.25) is 0 Å². The van der Waals surface area contributed by atoms with Gasteiger partial charge in [-0.3, -0.25) is 9.59 Å². The van der Waals surface area contributed by atoms with Crippen molar-refractivity contribution in [1.29, 1.82) is 0 Å². The number of ether oxygens (including phenoxy) is 1. The van der Waals surface area contributed by atoms with Crippen LogP contribution in [0.3, 0.4) is 0 Å². The fraction of sp³-hybridized carbons (Fsp3) is 0.812. The number of carbonyl (C=O) groups is 3. The minimum absolute atomic E-state index is 0.125. The highest BCUT2D eigenvalue weighted by Gasteiger charge is 2.54. The fourth-order valence-corrected chi connectivity index (χ4v) is 2.53. The number of ketones is 1. The lowest BCUT2D eigenvalue weighted by molar-refractivity contribution is -0.136. The van der Waals surface area contributed by atoms with Crippen molar-refractivity contribution in [3.05, 3.63) is 0 Å². The van der Waals surface area contributed by atoms with E-state index in [2.05, 4.69) is 0 Å². The van der Waals surface area contributed by atoms with Crippen LogP contribution in [-0.4, -0.2) is 34.8 Å². The third-order valence-electron chi connectivity index (χ3n) is 4.22. The standard InChI is InChI=1S/C16H27NO4/c1-9(15(3,4)5)11(19)12-13(16(6,7)8)17(10(2)18)14(20)21-12/h9,12-13H,1-8H3/t9-,12?,13?/m0/s1. The van der Waals surface area contributed by atoms with Crippen molar-refractivity contribution >= 4 is 17.8 Å². The molecule has 5 nitrogen and oxygen atoms in total. The van der Waals surface area contributed by atoms with Gasteiger partial charge in [0.15, 0.2) is 11.9 Å². The Labute approximate surface area is 127 Å². The number of rotatable bonds is 2. The maximum Gasteiger partial charge on any atom is 0.417 e. The molecule has 5 heteroatoms. The Morgan fingerprint density at radius 2 is 1.62 bits per heavy atom. The molecular weight excluding hydrogens is 270 g/mol. The highest BCUT2D eigenvalue weighted by Crippen LogP contribution is 2.37. The summed E-state index contributed by atoms with van der Waals surface area (Å²) >= 11 is 0. The molecule has 0 aromatic carbocycles. The summed E-state index contributed by atoms with van der Waals surface area (Å²) in [4.78, 5) is 37.6. The highest BCUT2D eigenvalue weighted by molar-refractivity contribution is 5.98. The van der Waals surface area contributed by atoms with E-state index < -0.39 is 29.6 Å². The average Bonchev–Trinajstić information content (AvgIpc) is 2.63. The number of imide groups is 1. The predicted octanol–water partition coefficient (Wildman–Crippen LogP) is 3.02. The summed E-state index contributed by atoms with van der Waals surface area (Å²) < 4.78 is 5.27. The maximum atomic E-state index is 12.7. The van der Waals surface area contributed by atoms with Gasteiger partial charge in [0.25, 0.3) is 0 Å². The van der Waals surface area contributed by atoms with Crippen LogP contribution in [0.1, 0.15) is 55.4 Å².